The van der Waals surface area contributed by atoms with Crippen molar-refractivity contribution in [2.24, 2.45) is 0 Å². The van der Waals surface area contributed by atoms with Gasteiger partial charge < -0.3 is 15.2 Å². The SMILES string of the molecule is COC(=O)C(O)C(Cc1ccccc1)NC(=O)c1cccnc1-n1ccc(-c2ccccc2)n1. The van der Waals surface area contributed by atoms with E-state index in [1.165, 1.54) is 11.8 Å². The largest absolute Gasteiger partial charge is 0.467 e. The summed E-state index contributed by atoms with van der Waals surface area (Å²) in [6, 6.07) is 23.1. The normalized spacial score (nSPS) is 12.5. The summed E-state index contributed by atoms with van der Waals surface area (Å²) in [6.45, 7) is 0. The van der Waals surface area contributed by atoms with Gasteiger partial charge in [0.2, 0.25) is 0 Å². The van der Waals surface area contributed by atoms with Gasteiger partial charge in [0.25, 0.3) is 5.91 Å². The van der Waals surface area contributed by atoms with Gasteiger partial charge in [-0.15, -0.1) is 0 Å². The number of carbonyl (C=O) groups is 2. The van der Waals surface area contributed by atoms with E-state index in [9.17, 15) is 14.7 Å². The average molecular weight is 457 g/mol. The van der Waals surface area contributed by atoms with Crippen LogP contribution in [0.2, 0.25) is 0 Å². The number of hydrogen-bond acceptors (Lipinski definition) is 6. The Bertz CT molecular complexity index is 1260. The highest BCUT2D eigenvalue weighted by Gasteiger charge is 2.30. The van der Waals surface area contributed by atoms with Crippen LogP contribution in [0.25, 0.3) is 17.1 Å². The molecule has 0 saturated heterocycles. The Morgan fingerprint density at radius 3 is 2.41 bits per heavy atom. The van der Waals surface area contributed by atoms with E-state index in [0.29, 0.717) is 5.82 Å². The van der Waals surface area contributed by atoms with Crippen LogP contribution in [0.1, 0.15) is 15.9 Å². The number of carbonyl (C=O) groups excluding carboxylic acids is 2. The summed E-state index contributed by atoms with van der Waals surface area (Å²) in [5.41, 5.74) is 2.77. The van der Waals surface area contributed by atoms with Crippen molar-refractivity contribution in [1.29, 1.82) is 0 Å². The van der Waals surface area contributed by atoms with E-state index in [1.807, 2.05) is 66.7 Å². The number of ether oxygens (including phenoxy) is 1. The van der Waals surface area contributed by atoms with Gasteiger partial charge in [-0.05, 0) is 30.2 Å². The summed E-state index contributed by atoms with van der Waals surface area (Å²) in [6.07, 6.45) is 1.99. The van der Waals surface area contributed by atoms with Gasteiger partial charge in [0.1, 0.15) is 0 Å². The molecule has 2 aromatic heterocycles. The fourth-order valence-corrected chi connectivity index (χ4v) is 3.60. The number of aromatic nitrogens is 3. The van der Waals surface area contributed by atoms with Crippen molar-refractivity contribution in [2.45, 2.75) is 18.6 Å². The number of esters is 1. The van der Waals surface area contributed by atoms with Crippen molar-refractivity contribution in [3.63, 3.8) is 0 Å². The molecule has 0 spiro atoms. The molecule has 0 radical (unpaired) electrons. The number of methoxy groups -OCH3 is 1. The van der Waals surface area contributed by atoms with Crippen molar-refractivity contribution in [3.8, 4) is 17.1 Å². The van der Waals surface area contributed by atoms with Crippen LogP contribution in [0.3, 0.4) is 0 Å². The van der Waals surface area contributed by atoms with Crippen molar-refractivity contribution in [3.05, 3.63) is 102 Å². The Morgan fingerprint density at radius 1 is 1.00 bits per heavy atom. The van der Waals surface area contributed by atoms with Gasteiger partial charge in [-0.25, -0.2) is 14.5 Å². The molecular weight excluding hydrogens is 432 g/mol. The number of benzene rings is 2. The van der Waals surface area contributed by atoms with Crippen LogP contribution < -0.4 is 5.32 Å². The van der Waals surface area contributed by atoms with E-state index >= 15 is 0 Å². The van der Waals surface area contributed by atoms with Gasteiger partial charge in [0.15, 0.2) is 11.9 Å². The van der Waals surface area contributed by atoms with Crippen LogP contribution in [0, 0.1) is 0 Å². The monoisotopic (exact) mass is 456 g/mol. The molecule has 4 aromatic rings. The lowest BCUT2D eigenvalue weighted by Gasteiger charge is -2.23. The van der Waals surface area contributed by atoms with Gasteiger partial charge in [-0.1, -0.05) is 60.7 Å². The second kappa shape index (κ2) is 10.5. The Balaban J connectivity index is 1.61. The minimum atomic E-state index is -1.54. The number of rotatable bonds is 8. The minimum absolute atomic E-state index is 0.234. The lowest BCUT2D eigenvalue weighted by molar-refractivity contribution is -0.151. The van der Waals surface area contributed by atoms with Crippen molar-refractivity contribution < 1.29 is 19.4 Å². The fourth-order valence-electron chi connectivity index (χ4n) is 3.60. The Labute approximate surface area is 196 Å². The van der Waals surface area contributed by atoms with Crippen LogP contribution in [0.4, 0.5) is 0 Å². The van der Waals surface area contributed by atoms with E-state index in [4.69, 9.17) is 0 Å². The topological polar surface area (TPSA) is 106 Å². The zero-order valence-electron chi connectivity index (χ0n) is 18.5. The highest BCUT2D eigenvalue weighted by atomic mass is 16.5. The number of aliphatic hydroxyl groups is 1. The number of nitrogens with zero attached hydrogens (tertiary/aromatic N) is 3. The van der Waals surface area contributed by atoms with E-state index in [0.717, 1.165) is 16.8 Å². The molecular formula is C26H24N4O4. The zero-order chi connectivity index (χ0) is 23.9. The first-order chi connectivity index (χ1) is 16.6. The Kier molecular flexibility index (Phi) is 7.10. The van der Waals surface area contributed by atoms with E-state index in [1.54, 1.807) is 24.5 Å². The number of amides is 1. The van der Waals surface area contributed by atoms with E-state index in [2.05, 4.69) is 20.1 Å². The van der Waals surface area contributed by atoms with Crippen molar-refractivity contribution in [2.75, 3.05) is 7.11 Å². The summed E-state index contributed by atoms with van der Waals surface area (Å²) in [4.78, 5) is 29.7. The smallest absolute Gasteiger partial charge is 0.336 e. The maximum Gasteiger partial charge on any atom is 0.336 e. The van der Waals surface area contributed by atoms with Gasteiger partial charge in [0.05, 0.1) is 24.4 Å². The predicted octanol–water partition coefficient (Wildman–Crippen LogP) is 2.81. The molecule has 2 unspecified atom stereocenters. The minimum Gasteiger partial charge on any atom is -0.467 e. The molecule has 0 aliphatic heterocycles. The lowest BCUT2D eigenvalue weighted by atomic mass is 10.0. The molecule has 2 aromatic carbocycles. The molecule has 0 fully saturated rings. The second-order valence-corrected chi connectivity index (χ2v) is 7.62. The van der Waals surface area contributed by atoms with Crippen molar-refractivity contribution >= 4 is 11.9 Å². The number of pyridine rings is 1. The molecule has 34 heavy (non-hydrogen) atoms. The van der Waals surface area contributed by atoms with Gasteiger partial charge in [-0.3, -0.25) is 4.79 Å². The third-order valence-electron chi connectivity index (χ3n) is 5.35. The standard InChI is InChI=1S/C26H24N4O4/c1-34-26(33)23(31)22(17-18-9-4-2-5-10-18)28-25(32)20-13-8-15-27-24(20)30-16-14-21(29-30)19-11-6-3-7-12-19/h2-16,22-23,31H,17H2,1H3,(H,28,32). The van der Waals surface area contributed by atoms with Crippen LogP contribution >= 0.6 is 0 Å². The summed E-state index contributed by atoms with van der Waals surface area (Å²) >= 11 is 0. The highest BCUT2D eigenvalue weighted by Crippen LogP contribution is 2.19. The first kappa shape index (κ1) is 22.9. The predicted molar refractivity (Wildman–Crippen MR) is 126 cm³/mol. The van der Waals surface area contributed by atoms with Crippen LogP contribution in [-0.2, 0) is 16.0 Å². The number of hydrogen-bond donors (Lipinski definition) is 2. The van der Waals surface area contributed by atoms with E-state index in [-0.39, 0.29) is 12.0 Å². The highest BCUT2D eigenvalue weighted by molar-refractivity contribution is 5.97. The fraction of sp³-hybridized carbons (Fsp3) is 0.154. The van der Waals surface area contributed by atoms with Gasteiger partial charge in [0, 0.05) is 18.0 Å². The van der Waals surface area contributed by atoms with Gasteiger partial charge >= 0.3 is 5.97 Å². The first-order valence-electron chi connectivity index (χ1n) is 10.7. The van der Waals surface area contributed by atoms with Crippen molar-refractivity contribution in [1.82, 2.24) is 20.1 Å². The summed E-state index contributed by atoms with van der Waals surface area (Å²) in [7, 11) is 1.19. The molecule has 8 heteroatoms. The molecule has 8 nitrogen and oxygen atoms in total. The Hall–Kier alpha value is -4.30. The molecule has 4 rings (SSSR count). The summed E-state index contributed by atoms with van der Waals surface area (Å²) in [5.74, 6) is -0.996. The molecule has 0 aliphatic carbocycles. The zero-order valence-corrected chi connectivity index (χ0v) is 18.5. The second-order valence-electron chi connectivity index (χ2n) is 7.62. The maximum absolute atomic E-state index is 13.3. The first-order valence-corrected chi connectivity index (χ1v) is 10.7. The molecule has 2 heterocycles. The number of nitrogens with one attached hydrogen (secondary N) is 1. The molecule has 0 bridgehead atoms. The molecule has 0 aliphatic rings. The Morgan fingerprint density at radius 2 is 1.71 bits per heavy atom. The molecule has 2 N–H and O–H groups in total. The molecule has 0 saturated carbocycles. The summed E-state index contributed by atoms with van der Waals surface area (Å²) < 4.78 is 6.22. The van der Waals surface area contributed by atoms with Gasteiger partial charge in [-0.2, -0.15) is 5.10 Å². The summed E-state index contributed by atoms with van der Waals surface area (Å²) in [5, 5.41) is 17.9. The molecule has 1 amide bonds. The van der Waals surface area contributed by atoms with Crippen LogP contribution in [0.5, 0.6) is 0 Å². The number of aliphatic hydroxyl groups excluding tert-OH is 1. The van der Waals surface area contributed by atoms with Crippen LogP contribution in [0.15, 0.2) is 91.3 Å². The van der Waals surface area contributed by atoms with Crippen LogP contribution in [-0.4, -0.2) is 51.0 Å². The van der Waals surface area contributed by atoms with E-state index < -0.39 is 24.0 Å². The third kappa shape index (κ3) is 5.19. The molecule has 2 atom stereocenters. The maximum atomic E-state index is 13.3. The third-order valence-corrected chi connectivity index (χ3v) is 5.35. The molecule has 172 valence electrons. The lowest BCUT2D eigenvalue weighted by Crippen LogP contribution is -2.48. The average Bonchev–Trinajstić information content (AvgIpc) is 3.39. The quantitative estimate of drug-likeness (QED) is 0.395.